The predicted octanol–water partition coefficient (Wildman–Crippen LogP) is 5.63. The third kappa shape index (κ3) is 3.39. The Morgan fingerprint density at radius 2 is 1.90 bits per heavy atom. The van der Waals surface area contributed by atoms with Gasteiger partial charge in [-0.25, -0.2) is 0 Å². The SMILES string of the molecule is C=C(C)[C@H]1CC(=O)[C@]2(C)C/C=C(\C)CC/C=C(\C)CC[C@@H]12. The second-order valence-electron chi connectivity index (χ2n) is 7.49. The molecule has 0 N–H and O–H groups in total. The third-order valence-electron chi connectivity index (χ3n) is 5.74. The van der Waals surface area contributed by atoms with Crippen LogP contribution in [0.25, 0.3) is 0 Å². The zero-order valence-electron chi connectivity index (χ0n) is 14.2. The van der Waals surface area contributed by atoms with Crippen LogP contribution in [0.15, 0.2) is 35.5 Å². The molecule has 1 nitrogen and oxygen atoms in total. The van der Waals surface area contributed by atoms with E-state index in [0.717, 1.165) is 32.1 Å². The maximum Gasteiger partial charge on any atom is 0.139 e. The van der Waals surface area contributed by atoms with Crippen molar-refractivity contribution in [3.05, 3.63) is 35.5 Å². The van der Waals surface area contributed by atoms with E-state index >= 15 is 0 Å². The van der Waals surface area contributed by atoms with E-state index in [-0.39, 0.29) is 5.41 Å². The minimum absolute atomic E-state index is 0.185. The Kier molecular flexibility index (Phi) is 4.91. The van der Waals surface area contributed by atoms with E-state index in [9.17, 15) is 4.79 Å². The van der Waals surface area contributed by atoms with Gasteiger partial charge in [-0.3, -0.25) is 4.79 Å². The second-order valence-corrected chi connectivity index (χ2v) is 7.49. The van der Waals surface area contributed by atoms with Gasteiger partial charge in [0.2, 0.25) is 0 Å². The van der Waals surface area contributed by atoms with Crippen molar-refractivity contribution in [1.29, 1.82) is 0 Å². The van der Waals surface area contributed by atoms with Gasteiger partial charge in [-0.1, -0.05) is 42.4 Å². The summed E-state index contributed by atoms with van der Waals surface area (Å²) in [5, 5.41) is 0. The zero-order chi connectivity index (χ0) is 15.6. The molecular weight excluding hydrogens is 256 g/mol. The lowest BCUT2D eigenvalue weighted by atomic mass is 9.70. The van der Waals surface area contributed by atoms with Crippen LogP contribution in [0.4, 0.5) is 0 Å². The van der Waals surface area contributed by atoms with Crippen LogP contribution in [0.5, 0.6) is 0 Å². The highest BCUT2D eigenvalue weighted by atomic mass is 16.1. The monoisotopic (exact) mass is 286 g/mol. The van der Waals surface area contributed by atoms with Crippen LogP contribution in [-0.4, -0.2) is 5.78 Å². The molecule has 0 amide bonds. The van der Waals surface area contributed by atoms with Crippen LogP contribution in [0.3, 0.4) is 0 Å². The number of Topliss-reactive ketones (excluding diaryl/α,β-unsaturated/α-hetero) is 1. The summed E-state index contributed by atoms with van der Waals surface area (Å²) in [6.07, 6.45) is 10.8. The summed E-state index contributed by atoms with van der Waals surface area (Å²) < 4.78 is 0. The van der Waals surface area contributed by atoms with Crippen molar-refractivity contribution in [3.8, 4) is 0 Å². The van der Waals surface area contributed by atoms with Gasteiger partial charge in [-0.15, -0.1) is 0 Å². The van der Waals surface area contributed by atoms with Crippen molar-refractivity contribution in [2.75, 3.05) is 0 Å². The molecule has 0 aromatic heterocycles. The molecule has 0 unspecified atom stereocenters. The van der Waals surface area contributed by atoms with Crippen LogP contribution in [0.2, 0.25) is 0 Å². The van der Waals surface area contributed by atoms with E-state index in [1.165, 1.54) is 16.7 Å². The molecule has 0 aromatic rings. The van der Waals surface area contributed by atoms with Gasteiger partial charge in [-0.05, 0) is 64.7 Å². The number of hydrogen-bond acceptors (Lipinski definition) is 1. The Balaban J connectivity index is 2.36. The molecule has 0 saturated heterocycles. The Bertz CT molecular complexity index is 494. The molecule has 2 aliphatic carbocycles. The van der Waals surface area contributed by atoms with Crippen LogP contribution >= 0.6 is 0 Å². The Morgan fingerprint density at radius 3 is 2.57 bits per heavy atom. The molecule has 2 aliphatic rings. The predicted molar refractivity (Wildman–Crippen MR) is 90.1 cm³/mol. The van der Waals surface area contributed by atoms with Gasteiger partial charge < -0.3 is 0 Å². The van der Waals surface area contributed by atoms with Crippen molar-refractivity contribution >= 4 is 5.78 Å². The largest absolute Gasteiger partial charge is 0.299 e. The first-order chi connectivity index (χ1) is 9.84. The molecule has 1 heteroatoms. The molecule has 0 radical (unpaired) electrons. The van der Waals surface area contributed by atoms with Crippen LogP contribution in [0, 0.1) is 17.3 Å². The molecule has 0 heterocycles. The molecule has 0 spiro atoms. The fourth-order valence-electron chi connectivity index (χ4n) is 4.05. The van der Waals surface area contributed by atoms with Crippen LogP contribution < -0.4 is 0 Å². The molecule has 0 bridgehead atoms. The molecule has 0 aromatic carbocycles. The van der Waals surface area contributed by atoms with E-state index in [1.807, 2.05) is 0 Å². The molecule has 3 atom stereocenters. The number of fused-ring (bicyclic) bond motifs is 1. The van der Waals surface area contributed by atoms with Crippen molar-refractivity contribution < 1.29 is 4.79 Å². The lowest BCUT2D eigenvalue weighted by molar-refractivity contribution is -0.126. The van der Waals surface area contributed by atoms with Gasteiger partial charge in [0.15, 0.2) is 0 Å². The smallest absolute Gasteiger partial charge is 0.139 e. The maximum atomic E-state index is 12.7. The standard InChI is InChI=1S/C20H30O/c1-14(2)17-13-19(21)20(5)12-11-16(4)8-6-7-15(3)9-10-18(17)20/h7,11,17-18H,1,6,8-10,12-13H2,2-5H3/b15-7+,16-11+/t17-,18+,20-/m1/s1. The Hall–Kier alpha value is -1.11. The molecule has 21 heavy (non-hydrogen) atoms. The third-order valence-corrected chi connectivity index (χ3v) is 5.74. The first-order valence-corrected chi connectivity index (χ1v) is 8.34. The fourth-order valence-corrected chi connectivity index (χ4v) is 4.05. The van der Waals surface area contributed by atoms with Crippen molar-refractivity contribution in [3.63, 3.8) is 0 Å². The van der Waals surface area contributed by atoms with E-state index in [1.54, 1.807) is 0 Å². The van der Waals surface area contributed by atoms with Gasteiger partial charge in [0.05, 0.1) is 0 Å². The van der Waals surface area contributed by atoms with Gasteiger partial charge in [0.25, 0.3) is 0 Å². The minimum Gasteiger partial charge on any atom is -0.299 e. The first kappa shape index (κ1) is 16.3. The van der Waals surface area contributed by atoms with Gasteiger partial charge >= 0.3 is 0 Å². The van der Waals surface area contributed by atoms with Gasteiger partial charge in [0.1, 0.15) is 5.78 Å². The number of carbonyl (C=O) groups is 1. The molecule has 0 aliphatic heterocycles. The fraction of sp³-hybridized carbons (Fsp3) is 0.650. The molecule has 1 fully saturated rings. The molecule has 116 valence electrons. The van der Waals surface area contributed by atoms with E-state index in [0.29, 0.717) is 24.0 Å². The average molecular weight is 286 g/mol. The van der Waals surface area contributed by atoms with Gasteiger partial charge in [0, 0.05) is 11.8 Å². The lowest BCUT2D eigenvalue weighted by Crippen LogP contribution is -2.30. The number of carbonyl (C=O) groups excluding carboxylic acids is 1. The summed E-state index contributed by atoms with van der Waals surface area (Å²) in [6, 6.07) is 0. The summed E-state index contributed by atoms with van der Waals surface area (Å²) in [5.41, 5.74) is 3.91. The normalized spacial score (nSPS) is 39.5. The quantitative estimate of drug-likeness (QED) is 0.571. The number of hydrogen-bond donors (Lipinski definition) is 0. The highest BCUT2D eigenvalue weighted by molar-refractivity contribution is 5.88. The van der Waals surface area contributed by atoms with E-state index in [4.69, 9.17) is 0 Å². The summed E-state index contributed by atoms with van der Waals surface area (Å²) in [4.78, 5) is 12.7. The first-order valence-electron chi connectivity index (χ1n) is 8.34. The maximum absolute atomic E-state index is 12.7. The molecule has 2 rings (SSSR count). The number of ketones is 1. The molecular formula is C20H30O. The Morgan fingerprint density at radius 1 is 1.24 bits per heavy atom. The van der Waals surface area contributed by atoms with Crippen molar-refractivity contribution in [2.24, 2.45) is 17.3 Å². The van der Waals surface area contributed by atoms with Crippen LogP contribution in [0.1, 0.15) is 66.2 Å². The summed E-state index contributed by atoms with van der Waals surface area (Å²) in [5.74, 6) is 1.28. The van der Waals surface area contributed by atoms with Gasteiger partial charge in [-0.2, -0.15) is 0 Å². The lowest BCUT2D eigenvalue weighted by Gasteiger charge is -2.32. The van der Waals surface area contributed by atoms with E-state index in [2.05, 4.69) is 46.4 Å². The zero-order valence-corrected chi connectivity index (χ0v) is 14.2. The highest BCUT2D eigenvalue weighted by Crippen LogP contribution is 2.51. The van der Waals surface area contributed by atoms with Crippen molar-refractivity contribution in [1.82, 2.24) is 0 Å². The number of rotatable bonds is 1. The summed E-state index contributed by atoms with van der Waals surface area (Å²) >= 11 is 0. The second kappa shape index (κ2) is 6.34. The minimum atomic E-state index is -0.185. The topological polar surface area (TPSA) is 17.1 Å². The average Bonchev–Trinajstić information content (AvgIpc) is 2.65. The van der Waals surface area contributed by atoms with Crippen molar-refractivity contribution in [2.45, 2.75) is 66.2 Å². The number of allylic oxidation sites excluding steroid dienone is 5. The summed E-state index contributed by atoms with van der Waals surface area (Å²) in [6.45, 7) is 12.9. The highest BCUT2D eigenvalue weighted by Gasteiger charge is 2.50. The van der Waals surface area contributed by atoms with E-state index < -0.39 is 0 Å². The molecule has 1 saturated carbocycles. The summed E-state index contributed by atoms with van der Waals surface area (Å²) in [7, 11) is 0. The Labute approximate surface area is 130 Å². The van der Waals surface area contributed by atoms with Crippen LogP contribution in [-0.2, 0) is 4.79 Å².